The average molecular weight is 436 g/mol. The average Bonchev–Trinajstić information content (AvgIpc) is 3.10. The van der Waals surface area contributed by atoms with Crippen molar-refractivity contribution in [1.29, 1.82) is 0 Å². The lowest BCUT2D eigenvalue weighted by Crippen LogP contribution is -2.58. The molecule has 4 N–H and O–H groups in total. The van der Waals surface area contributed by atoms with Crippen LogP contribution in [0.15, 0.2) is 0 Å². The number of amides is 1. The first kappa shape index (κ1) is 23.5. The number of hydrogen-bond acceptors (Lipinski definition) is 4. The van der Waals surface area contributed by atoms with E-state index in [0.29, 0.717) is 48.5 Å². The summed E-state index contributed by atoms with van der Waals surface area (Å²) in [5.41, 5.74) is 0.235. The molecule has 5 heteroatoms. The number of rotatable bonds is 6. The number of fused-ring (bicyclic) bond motifs is 5. The van der Waals surface area contributed by atoms with Gasteiger partial charge in [-0.25, -0.2) is 0 Å². The molecule has 0 aromatic rings. The maximum Gasteiger partial charge on any atom is 0.220 e. The second-order valence-corrected chi connectivity index (χ2v) is 12.0. The Morgan fingerprint density at radius 3 is 2.58 bits per heavy atom. The zero-order chi connectivity index (χ0) is 22.4. The van der Waals surface area contributed by atoms with E-state index in [2.05, 4.69) is 26.1 Å². The molecule has 0 spiro atoms. The van der Waals surface area contributed by atoms with E-state index in [1.807, 2.05) is 0 Å². The molecule has 0 saturated heterocycles. The minimum atomic E-state index is -0.264. The van der Waals surface area contributed by atoms with Crippen LogP contribution in [0.2, 0.25) is 0 Å². The number of carbonyl (C=O) groups excluding carboxylic acids is 1. The molecule has 0 heterocycles. The van der Waals surface area contributed by atoms with Crippen LogP contribution in [0, 0.1) is 46.3 Å². The number of hydrogen-bond donors (Lipinski definition) is 4. The fraction of sp³-hybridized carbons (Fsp3) is 0.962. The van der Waals surface area contributed by atoms with Gasteiger partial charge in [0.05, 0.1) is 18.8 Å². The monoisotopic (exact) mass is 435 g/mol. The Morgan fingerprint density at radius 2 is 1.84 bits per heavy atom. The van der Waals surface area contributed by atoms with Gasteiger partial charge in [0.15, 0.2) is 0 Å². The molecule has 0 radical (unpaired) electrons. The zero-order valence-electron chi connectivity index (χ0n) is 19.9. The molecule has 4 aliphatic carbocycles. The predicted molar refractivity (Wildman–Crippen MR) is 121 cm³/mol. The lowest BCUT2D eigenvalue weighted by Gasteiger charge is -2.62. The van der Waals surface area contributed by atoms with Crippen molar-refractivity contribution in [3.8, 4) is 0 Å². The normalized spacial score (nSPS) is 47.7. The van der Waals surface area contributed by atoms with Gasteiger partial charge in [-0.05, 0) is 104 Å². The molecule has 1 amide bonds. The largest absolute Gasteiger partial charge is 0.395 e. The first-order valence-electron chi connectivity index (χ1n) is 13.0. The van der Waals surface area contributed by atoms with E-state index in [9.17, 15) is 15.0 Å². The van der Waals surface area contributed by atoms with Gasteiger partial charge < -0.3 is 20.6 Å². The molecule has 0 bridgehead atoms. The van der Waals surface area contributed by atoms with Gasteiger partial charge in [0, 0.05) is 13.0 Å². The van der Waals surface area contributed by atoms with Gasteiger partial charge in [0.2, 0.25) is 5.91 Å². The van der Waals surface area contributed by atoms with Crippen LogP contribution in [0.25, 0.3) is 0 Å². The van der Waals surface area contributed by atoms with Gasteiger partial charge >= 0.3 is 0 Å². The summed E-state index contributed by atoms with van der Waals surface area (Å²) >= 11 is 0. The molecule has 4 rings (SSSR count). The van der Waals surface area contributed by atoms with Gasteiger partial charge in [-0.3, -0.25) is 4.79 Å². The van der Waals surface area contributed by atoms with Crippen molar-refractivity contribution in [1.82, 2.24) is 5.32 Å². The summed E-state index contributed by atoms with van der Waals surface area (Å²) in [5.74, 6) is 3.40. The molecule has 5 nitrogen and oxygen atoms in total. The van der Waals surface area contributed by atoms with Crippen LogP contribution in [0.1, 0.15) is 85.0 Å². The van der Waals surface area contributed by atoms with E-state index < -0.39 is 0 Å². The molecule has 4 fully saturated rings. The number of aliphatic hydroxyl groups excluding tert-OH is 3. The first-order chi connectivity index (χ1) is 14.7. The fourth-order valence-electron chi connectivity index (χ4n) is 9.00. The lowest BCUT2D eigenvalue weighted by molar-refractivity contribution is -0.174. The third-order valence-electron chi connectivity index (χ3n) is 10.8. The van der Waals surface area contributed by atoms with Crippen molar-refractivity contribution in [2.75, 3.05) is 13.2 Å². The molecule has 4 saturated carbocycles. The Morgan fingerprint density at radius 1 is 1.06 bits per heavy atom. The van der Waals surface area contributed by atoms with Gasteiger partial charge in [-0.2, -0.15) is 0 Å². The molecule has 10 atom stereocenters. The molecule has 0 unspecified atom stereocenters. The molecule has 0 aliphatic heterocycles. The molecular weight excluding hydrogens is 390 g/mol. The maximum absolute atomic E-state index is 12.0. The van der Waals surface area contributed by atoms with Gasteiger partial charge in [0.25, 0.3) is 0 Å². The summed E-state index contributed by atoms with van der Waals surface area (Å²) in [6, 6.07) is 0. The Labute approximate surface area is 188 Å². The molecule has 31 heavy (non-hydrogen) atoms. The number of aliphatic hydroxyl groups is 3. The molecule has 0 aromatic heterocycles. The Kier molecular flexibility index (Phi) is 6.78. The summed E-state index contributed by atoms with van der Waals surface area (Å²) in [6.07, 6.45) is 9.74. The molecule has 178 valence electrons. The van der Waals surface area contributed by atoms with Crippen molar-refractivity contribution in [2.24, 2.45) is 46.3 Å². The molecular formula is C26H45NO4. The third kappa shape index (κ3) is 3.97. The van der Waals surface area contributed by atoms with Crippen LogP contribution in [0.3, 0.4) is 0 Å². The van der Waals surface area contributed by atoms with Gasteiger partial charge in [0.1, 0.15) is 0 Å². The number of carbonyl (C=O) groups is 1. The minimum absolute atomic E-state index is 0.0167. The zero-order valence-corrected chi connectivity index (χ0v) is 19.9. The van der Waals surface area contributed by atoms with E-state index in [1.165, 1.54) is 25.7 Å². The van der Waals surface area contributed by atoms with Gasteiger partial charge in [-0.15, -0.1) is 0 Å². The summed E-state index contributed by atoms with van der Waals surface area (Å²) in [6.45, 7) is 7.41. The smallest absolute Gasteiger partial charge is 0.220 e. The quantitative estimate of drug-likeness (QED) is 0.514. The SMILES string of the molecule is C[C@H](CCC(=O)NCCO)[C@H]1CC[C@H]2[C@@H]3CC[C@@H]4C[C@H](O)CC[C@]4(C)[C@H]3C[C@H](O)[C@]12C. The van der Waals surface area contributed by atoms with E-state index >= 15 is 0 Å². The maximum atomic E-state index is 12.0. The summed E-state index contributed by atoms with van der Waals surface area (Å²) in [4.78, 5) is 12.0. The van der Waals surface area contributed by atoms with Crippen LogP contribution in [-0.2, 0) is 4.79 Å². The molecule has 4 aliphatic rings. The highest BCUT2D eigenvalue weighted by atomic mass is 16.3. The second-order valence-electron chi connectivity index (χ2n) is 12.0. The molecule has 0 aromatic carbocycles. The topological polar surface area (TPSA) is 89.8 Å². The Hall–Kier alpha value is -0.650. The lowest BCUT2D eigenvalue weighted by atomic mass is 9.43. The third-order valence-corrected chi connectivity index (χ3v) is 10.8. The van der Waals surface area contributed by atoms with Crippen molar-refractivity contribution in [3.05, 3.63) is 0 Å². The van der Waals surface area contributed by atoms with Crippen molar-refractivity contribution in [3.63, 3.8) is 0 Å². The second kappa shape index (κ2) is 8.95. The van der Waals surface area contributed by atoms with Crippen molar-refractivity contribution in [2.45, 2.75) is 97.2 Å². The Balaban J connectivity index is 1.47. The fourth-order valence-corrected chi connectivity index (χ4v) is 9.00. The summed E-state index contributed by atoms with van der Waals surface area (Å²) < 4.78 is 0. The van der Waals surface area contributed by atoms with Crippen LogP contribution < -0.4 is 5.32 Å². The van der Waals surface area contributed by atoms with Gasteiger partial charge in [-0.1, -0.05) is 20.8 Å². The Bertz CT molecular complexity index is 655. The highest BCUT2D eigenvalue weighted by molar-refractivity contribution is 5.75. The predicted octanol–water partition coefficient (Wildman–Crippen LogP) is 3.50. The van der Waals surface area contributed by atoms with E-state index in [0.717, 1.165) is 32.1 Å². The van der Waals surface area contributed by atoms with Crippen LogP contribution >= 0.6 is 0 Å². The highest BCUT2D eigenvalue weighted by Crippen LogP contribution is 2.68. The van der Waals surface area contributed by atoms with Crippen LogP contribution in [0.5, 0.6) is 0 Å². The minimum Gasteiger partial charge on any atom is -0.395 e. The van der Waals surface area contributed by atoms with E-state index in [4.69, 9.17) is 5.11 Å². The van der Waals surface area contributed by atoms with E-state index in [-0.39, 0.29) is 35.6 Å². The standard InChI is InChI=1S/C26H45NO4/c1-16(4-9-24(31)27-12-13-28)20-7-8-21-19-6-5-17-14-18(29)10-11-25(17,2)22(19)15-23(30)26(20,21)3/h16-23,28-30H,4-15H2,1-3H3,(H,27,31)/t16-,17-,18-,19+,20-,21+,22+,23+,25+,26-/m1/s1. The summed E-state index contributed by atoms with van der Waals surface area (Å²) in [5, 5.41) is 33.5. The number of nitrogens with one attached hydrogen (secondary N) is 1. The highest BCUT2D eigenvalue weighted by Gasteiger charge is 2.63. The first-order valence-corrected chi connectivity index (χ1v) is 13.0. The van der Waals surface area contributed by atoms with Crippen molar-refractivity contribution < 1.29 is 20.1 Å². The van der Waals surface area contributed by atoms with Crippen LogP contribution in [-0.4, -0.2) is 46.6 Å². The van der Waals surface area contributed by atoms with Crippen LogP contribution in [0.4, 0.5) is 0 Å². The van der Waals surface area contributed by atoms with E-state index in [1.54, 1.807) is 0 Å². The van der Waals surface area contributed by atoms with Crippen molar-refractivity contribution >= 4 is 5.91 Å². The summed E-state index contributed by atoms with van der Waals surface area (Å²) in [7, 11) is 0.